The fourth-order valence-electron chi connectivity index (χ4n) is 2.97. The topological polar surface area (TPSA) is 50.7 Å². The highest BCUT2D eigenvalue weighted by Gasteiger charge is 2.23. The summed E-state index contributed by atoms with van der Waals surface area (Å²) in [6, 6.07) is 6.11. The van der Waals surface area contributed by atoms with E-state index in [0.717, 1.165) is 36.3 Å². The zero-order valence-corrected chi connectivity index (χ0v) is 13.3. The summed E-state index contributed by atoms with van der Waals surface area (Å²) in [4.78, 5) is 0. The van der Waals surface area contributed by atoms with Crippen molar-refractivity contribution in [3.8, 4) is 11.5 Å². The van der Waals surface area contributed by atoms with E-state index in [0.29, 0.717) is 19.1 Å². The van der Waals surface area contributed by atoms with Gasteiger partial charge in [0.1, 0.15) is 11.5 Å². The summed E-state index contributed by atoms with van der Waals surface area (Å²) in [5, 5.41) is 13.8. The lowest BCUT2D eigenvalue weighted by atomic mass is 9.95. The number of rotatable bonds is 7. The van der Waals surface area contributed by atoms with Gasteiger partial charge in [0.05, 0.1) is 19.8 Å². The molecule has 2 N–H and O–H groups in total. The van der Waals surface area contributed by atoms with Crippen molar-refractivity contribution in [3.63, 3.8) is 0 Å². The Bertz CT molecular complexity index is 446. The van der Waals surface area contributed by atoms with Crippen LogP contribution in [0.2, 0.25) is 0 Å². The van der Waals surface area contributed by atoms with Crippen molar-refractivity contribution < 1.29 is 14.6 Å². The van der Waals surface area contributed by atoms with Gasteiger partial charge in [-0.1, -0.05) is 26.7 Å². The first kappa shape index (κ1) is 16.1. The average molecular weight is 293 g/mol. The smallest absolute Gasteiger partial charge is 0.124 e. The lowest BCUT2D eigenvalue weighted by molar-refractivity contribution is 0.0956. The standard InChI is InChI=1S/C17H27NO3/c1-4-12(5-2)16(19)11-18-15-8-9-21-17-7-6-13(20-3)10-14(15)17/h6-7,10,12,15-16,18-19H,4-5,8-9,11H2,1-3H3. The Kier molecular flexibility index (Phi) is 5.88. The largest absolute Gasteiger partial charge is 0.497 e. The second-order valence-corrected chi connectivity index (χ2v) is 5.65. The maximum atomic E-state index is 10.3. The number of ether oxygens (including phenoxy) is 2. The van der Waals surface area contributed by atoms with E-state index in [1.165, 1.54) is 0 Å². The van der Waals surface area contributed by atoms with Crippen LogP contribution in [0, 0.1) is 5.92 Å². The van der Waals surface area contributed by atoms with Crippen LogP contribution >= 0.6 is 0 Å². The van der Waals surface area contributed by atoms with Gasteiger partial charge in [0, 0.05) is 24.6 Å². The summed E-state index contributed by atoms with van der Waals surface area (Å²) in [5.41, 5.74) is 1.12. The molecule has 0 aliphatic carbocycles. The van der Waals surface area contributed by atoms with Gasteiger partial charge >= 0.3 is 0 Å². The summed E-state index contributed by atoms with van der Waals surface area (Å²) in [7, 11) is 1.67. The highest BCUT2D eigenvalue weighted by molar-refractivity contribution is 5.43. The minimum atomic E-state index is -0.295. The van der Waals surface area contributed by atoms with Crippen molar-refractivity contribution in [1.82, 2.24) is 5.32 Å². The molecule has 21 heavy (non-hydrogen) atoms. The third kappa shape index (κ3) is 3.89. The molecule has 1 aliphatic rings. The molecule has 0 saturated heterocycles. The van der Waals surface area contributed by atoms with Crippen molar-refractivity contribution in [2.75, 3.05) is 20.3 Å². The van der Waals surface area contributed by atoms with Gasteiger partial charge in [-0.05, 0) is 24.1 Å². The first-order chi connectivity index (χ1) is 10.2. The summed E-state index contributed by atoms with van der Waals surface area (Å²) in [5.74, 6) is 2.12. The molecule has 2 atom stereocenters. The molecule has 0 bridgehead atoms. The summed E-state index contributed by atoms with van der Waals surface area (Å²) in [6.07, 6.45) is 2.64. The zero-order valence-electron chi connectivity index (χ0n) is 13.3. The van der Waals surface area contributed by atoms with Gasteiger partial charge in [0.2, 0.25) is 0 Å². The Labute approximate surface area is 127 Å². The van der Waals surface area contributed by atoms with E-state index in [9.17, 15) is 5.11 Å². The molecule has 1 aliphatic heterocycles. The summed E-state index contributed by atoms with van der Waals surface area (Å²) >= 11 is 0. The molecule has 2 rings (SSSR count). The summed E-state index contributed by atoms with van der Waals surface area (Å²) < 4.78 is 11.0. The van der Waals surface area contributed by atoms with Gasteiger partial charge in [0.25, 0.3) is 0 Å². The Morgan fingerprint density at radius 3 is 2.81 bits per heavy atom. The van der Waals surface area contributed by atoms with Crippen molar-refractivity contribution >= 4 is 0 Å². The predicted molar refractivity (Wildman–Crippen MR) is 83.9 cm³/mol. The fraction of sp³-hybridized carbons (Fsp3) is 0.647. The van der Waals surface area contributed by atoms with Crippen LogP contribution in [-0.4, -0.2) is 31.5 Å². The Hall–Kier alpha value is -1.26. The van der Waals surface area contributed by atoms with Crippen LogP contribution in [0.4, 0.5) is 0 Å². The van der Waals surface area contributed by atoms with Gasteiger partial charge in [-0.3, -0.25) is 0 Å². The zero-order chi connectivity index (χ0) is 15.2. The Morgan fingerprint density at radius 2 is 2.14 bits per heavy atom. The predicted octanol–water partition coefficient (Wildman–Crippen LogP) is 2.91. The molecule has 0 spiro atoms. The van der Waals surface area contributed by atoms with Gasteiger partial charge in [-0.15, -0.1) is 0 Å². The highest BCUT2D eigenvalue weighted by atomic mass is 16.5. The number of aliphatic hydroxyl groups excluding tert-OH is 1. The molecule has 0 amide bonds. The van der Waals surface area contributed by atoms with Crippen LogP contribution in [0.3, 0.4) is 0 Å². The number of nitrogens with one attached hydrogen (secondary N) is 1. The van der Waals surface area contributed by atoms with Crippen molar-refractivity contribution in [3.05, 3.63) is 23.8 Å². The maximum Gasteiger partial charge on any atom is 0.124 e. The van der Waals surface area contributed by atoms with Gasteiger partial charge in [-0.2, -0.15) is 0 Å². The fourth-order valence-corrected chi connectivity index (χ4v) is 2.97. The van der Waals surface area contributed by atoms with Crippen molar-refractivity contribution in [1.29, 1.82) is 0 Å². The molecule has 4 nitrogen and oxygen atoms in total. The molecule has 2 unspecified atom stereocenters. The molecule has 1 aromatic carbocycles. The molecule has 1 aromatic rings. The third-order valence-corrected chi connectivity index (χ3v) is 4.42. The second-order valence-electron chi connectivity index (χ2n) is 5.65. The van der Waals surface area contributed by atoms with Gasteiger partial charge in [-0.25, -0.2) is 0 Å². The molecule has 0 saturated carbocycles. The van der Waals surface area contributed by atoms with Crippen LogP contribution < -0.4 is 14.8 Å². The second kappa shape index (κ2) is 7.66. The third-order valence-electron chi connectivity index (χ3n) is 4.42. The van der Waals surface area contributed by atoms with Crippen molar-refractivity contribution in [2.45, 2.75) is 45.3 Å². The molecule has 1 heterocycles. The first-order valence-electron chi connectivity index (χ1n) is 7.91. The summed E-state index contributed by atoms with van der Waals surface area (Å²) in [6.45, 7) is 5.59. The SMILES string of the molecule is CCC(CC)C(O)CNC1CCOc2ccc(OC)cc21. The Balaban J connectivity index is 2.02. The monoisotopic (exact) mass is 293 g/mol. The number of hydrogen-bond donors (Lipinski definition) is 2. The van der Waals surface area contributed by atoms with E-state index in [4.69, 9.17) is 9.47 Å². The first-order valence-corrected chi connectivity index (χ1v) is 7.91. The van der Waals surface area contributed by atoms with Crippen LogP contribution in [0.25, 0.3) is 0 Å². The number of aliphatic hydroxyl groups is 1. The van der Waals surface area contributed by atoms with Crippen molar-refractivity contribution in [2.24, 2.45) is 5.92 Å². The lowest BCUT2D eigenvalue weighted by Crippen LogP contribution is -2.36. The molecule has 0 aromatic heterocycles. The van der Waals surface area contributed by atoms with Gasteiger partial charge < -0.3 is 19.9 Å². The van der Waals surface area contributed by atoms with E-state index in [2.05, 4.69) is 19.2 Å². The molecule has 118 valence electrons. The van der Waals surface area contributed by atoms with Gasteiger partial charge in [0.15, 0.2) is 0 Å². The number of fused-ring (bicyclic) bond motifs is 1. The molecule has 0 fully saturated rings. The quantitative estimate of drug-likeness (QED) is 0.811. The van der Waals surface area contributed by atoms with E-state index < -0.39 is 0 Å². The maximum absolute atomic E-state index is 10.3. The van der Waals surface area contributed by atoms with E-state index in [1.54, 1.807) is 7.11 Å². The van der Waals surface area contributed by atoms with Crippen LogP contribution in [-0.2, 0) is 0 Å². The average Bonchev–Trinajstić information content (AvgIpc) is 2.53. The highest BCUT2D eigenvalue weighted by Crippen LogP contribution is 2.34. The van der Waals surface area contributed by atoms with Crippen LogP contribution in [0.1, 0.15) is 44.7 Å². The van der Waals surface area contributed by atoms with E-state index >= 15 is 0 Å². The van der Waals surface area contributed by atoms with Crippen LogP contribution in [0.15, 0.2) is 18.2 Å². The number of methoxy groups -OCH3 is 1. The number of benzene rings is 1. The lowest BCUT2D eigenvalue weighted by Gasteiger charge is -2.29. The number of hydrogen-bond acceptors (Lipinski definition) is 4. The minimum absolute atomic E-state index is 0.216. The van der Waals surface area contributed by atoms with E-state index in [1.807, 2.05) is 18.2 Å². The van der Waals surface area contributed by atoms with E-state index in [-0.39, 0.29) is 12.1 Å². The minimum Gasteiger partial charge on any atom is -0.497 e. The molecule has 4 heteroatoms. The van der Waals surface area contributed by atoms with Crippen LogP contribution in [0.5, 0.6) is 11.5 Å². The Morgan fingerprint density at radius 1 is 1.38 bits per heavy atom. The molecular weight excluding hydrogens is 266 g/mol. The molecular formula is C17H27NO3. The molecule has 0 radical (unpaired) electrons. The normalized spacial score (nSPS) is 19.0.